The summed E-state index contributed by atoms with van der Waals surface area (Å²) in [5.74, 6) is -3.01. The van der Waals surface area contributed by atoms with Gasteiger partial charge in [0.25, 0.3) is 0 Å². The first-order chi connectivity index (χ1) is 9.88. The van der Waals surface area contributed by atoms with Crippen LogP contribution in [0, 0.1) is 22.9 Å². The molecule has 1 N–H and O–H groups in total. The quantitative estimate of drug-likeness (QED) is 0.781. The van der Waals surface area contributed by atoms with E-state index in [1.165, 1.54) is 5.56 Å². The second kappa shape index (κ2) is 4.79. The molecule has 0 radical (unpaired) electrons. The van der Waals surface area contributed by atoms with Crippen molar-refractivity contribution in [2.24, 2.45) is 5.41 Å². The molecule has 0 bridgehead atoms. The lowest BCUT2D eigenvalue weighted by atomic mass is 9.85. The van der Waals surface area contributed by atoms with Gasteiger partial charge in [-0.3, -0.25) is 0 Å². The maximum absolute atomic E-state index is 13.8. The van der Waals surface area contributed by atoms with Gasteiger partial charge in [0.1, 0.15) is 5.82 Å². The van der Waals surface area contributed by atoms with E-state index in [0.717, 1.165) is 18.1 Å². The SMILES string of the molecule is CC1(C)Cc2ccccc2C1Nc1cc(F)c(F)cc1F. The monoisotopic (exact) mass is 291 g/mol. The van der Waals surface area contributed by atoms with Crippen LogP contribution in [0.4, 0.5) is 18.9 Å². The predicted molar refractivity (Wildman–Crippen MR) is 76.6 cm³/mol. The van der Waals surface area contributed by atoms with Crippen LogP contribution in [-0.4, -0.2) is 0 Å². The third-order valence-electron chi connectivity index (χ3n) is 4.10. The lowest BCUT2D eigenvalue weighted by Crippen LogP contribution is -2.25. The van der Waals surface area contributed by atoms with Gasteiger partial charge in [0.15, 0.2) is 11.6 Å². The summed E-state index contributed by atoms with van der Waals surface area (Å²) in [5.41, 5.74) is 2.12. The zero-order chi connectivity index (χ0) is 15.2. The van der Waals surface area contributed by atoms with Crippen molar-refractivity contribution < 1.29 is 13.2 Å². The van der Waals surface area contributed by atoms with Crippen molar-refractivity contribution in [3.05, 3.63) is 65.0 Å². The van der Waals surface area contributed by atoms with Crippen LogP contribution < -0.4 is 5.32 Å². The highest BCUT2D eigenvalue weighted by Gasteiger charge is 2.39. The van der Waals surface area contributed by atoms with Crippen LogP contribution in [-0.2, 0) is 6.42 Å². The summed E-state index contributed by atoms with van der Waals surface area (Å²) in [6, 6.07) is 9.23. The number of rotatable bonds is 2. The maximum atomic E-state index is 13.8. The second-order valence-corrected chi connectivity index (χ2v) is 6.19. The molecule has 2 aromatic rings. The van der Waals surface area contributed by atoms with Crippen molar-refractivity contribution in [3.8, 4) is 0 Å². The van der Waals surface area contributed by atoms with Crippen LogP contribution in [0.2, 0.25) is 0 Å². The summed E-state index contributed by atoms with van der Waals surface area (Å²) >= 11 is 0. The zero-order valence-corrected chi connectivity index (χ0v) is 11.9. The largest absolute Gasteiger partial charge is 0.375 e. The molecule has 0 aliphatic heterocycles. The third kappa shape index (κ3) is 2.39. The van der Waals surface area contributed by atoms with E-state index in [4.69, 9.17) is 0 Å². The van der Waals surface area contributed by atoms with Crippen molar-refractivity contribution in [2.45, 2.75) is 26.3 Å². The molecule has 0 saturated carbocycles. The fraction of sp³-hybridized carbons (Fsp3) is 0.294. The molecule has 0 spiro atoms. The lowest BCUT2D eigenvalue weighted by Gasteiger charge is -2.29. The highest BCUT2D eigenvalue weighted by atomic mass is 19.2. The Balaban J connectivity index is 1.99. The van der Waals surface area contributed by atoms with E-state index in [9.17, 15) is 13.2 Å². The average molecular weight is 291 g/mol. The molecule has 1 aliphatic carbocycles. The summed E-state index contributed by atoms with van der Waals surface area (Å²) in [7, 11) is 0. The van der Waals surface area contributed by atoms with Gasteiger partial charge >= 0.3 is 0 Å². The molecule has 21 heavy (non-hydrogen) atoms. The first-order valence-electron chi connectivity index (χ1n) is 6.87. The Hall–Kier alpha value is -1.97. The van der Waals surface area contributed by atoms with Gasteiger partial charge in [-0.15, -0.1) is 0 Å². The van der Waals surface area contributed by atoms with E-state index in [1.807, 2.05) is 24.3 Å². The van der Waals surface area contributed by atoms with Gasteiger partial charge in [0, 0.05) is 12.1 Å². The van der Waals surface area contributed by atoms with Gasteiger partial charge in [0.05, 0.1) is 11.7 Å². The molecule has 1 unspecified atom stereocenters. The molecule has 0 amide bonds. The second-order valence-electron chi connectivity index (χ2n) is 6.19. The number of hydrogen-bond donors (Lipinski definition) is 1. The van der Waals surface area contributed by atoms with Crippen molar-refractivity contribution in [1.82, 2.24) is 0 Å². The van der Waals surface area contributed by atoms with Crippen LogP contribution >= 0.6 is 0 Å². The Morgan fingerprint density at radius 1 is 1.00 bits per heavy atom. The summed E-state index contributed by atoms with van der Waals surface area (Å²) in [4.78, 5) is 0. The average Bonchev–Trinajstić information content (AvgIpc) is 2.67. The van der Waals surface area contributed by atoms with E-state index in [1.54, 1.807) is 0 Å². The first-order valence-corrected chi connectivity index (χ1v) is 6.87. The van der Waals surface area contributed by atoms with Crippen LogP contribution in [0.1, 0.15) is 31.0 Å². The summed E-state index contributed by atoms with van der Waals surface area (Å²) in [6.07, 6.45) is 0.853. The highest BCUT2D eigenvalue weighted by molar-refractivity contribution is 5.51. The molecule has 0 aromatic heterocycles. The zero-order valence-electron chi connectivity index (χ0n) is 11.9. The van der Waals surface area contributed by atoms with E-state index in [-0.39, 0.29) is 17.1 Å². The van der Waals surface area contributed by atoms with Crippen LogP contribution in [0.15, 0.2) is 36.4 Å². The lowest BCUT2D eigenvalue weighted by molar-refractivity contribution is 0.336. The summed E-state index contributed by atoms with van der Waals surface area (Å²) < 4.78 is 40.2. The Labute approximate surface area is 121 Å². The highest BCUT2D eigenvalue weighted by Crippen LogP contribution is 2.47. The van der Waals surface area contributed by atoms with E-state index < -0.39 is 17.5 Å². The Kier molecular flexibility index (Phi) is 3.19. The molecule has 110 valence electrons. The third-order valence-corrected chi connectivity index (χ3v) is 4.10. The number of anilines is 1. The Bertz CT molecular complexity index is 694. The van der Waals surface area contributed by atoms with Crippen LogP contribution in [0.25, 0.3) is 0 Å². The first kappa shape index (κ1) is 14.0. The maximum Gasteiger partial charge on any atom is 0.161 e. The fourth-order valence-electron chi connectivity index (χ4n) is 3.05. The standard InChI is InChI=1S/C17H16F3N/c1-17(2)9-10-5-3-4-6-11(10)16(17)21-15-8-13(19)12(18)7-14(15)20/h3-8,16,21H,9H2,1-2H3. The smallest absolute Gasteiger partial charge is 0.161 e. The van der Waals surface area contributed by atoms with Gasteiger partial charge in [-0.25, -0.2) is 13.2 Å². The van der Waals surface area contributed by atoms with E-state index in [2.05, 4.69) is 19.2 Å². The van der Waals surface area contributed by atoms with Crippen LogP contribution in [0.3, 0.4) is 0 Å². The van der Waals surface area contributed by atoms with Gasteiger partial charge in [-0.1, -0.05) is 38.1 Å². The number of hydrogen-bond acceptors (Lipinski definition) is 1. The van der Waals surface area contributed by atoms with Gasteiger partial charge in [-0.2, -0.15) is 0 Å². The minimum atomic E-state index is -1.18. The molecule has 1 atom stereocenters. The van der Waals surface area contributed by atoms with Crippen molar-refractivity contribution >= 4 is 5.69 Å². The van der Waals surface area contributed by atoms with Crippen molar-refractivity contribution in [1.29, 1.82) is 0 Å². The molecular formula is C17H16F3N. The van der Waals surface area contributed by atoms with Gasteiger partial charge < -0.3 is 5.32 Å². The topological polar surface area (TPSA) is 12.0 Å². The number of fused-ring (bicyclic) bond motifs is 1. The molecule has 4 heteroatoms. The number of halogens is 3. The molecule has 1 aliphatic rings. The number of benzene rings is 2. The molecule has 0 saturated heterocycles. The normalized spacial score (nSPS) is 19.4. The molecular weight excluding hydrogens is 275 g/mol. The van der Waals surface area contributed by atoms with Gasteiger partial charge in [0.2, 0.25) is 0 Å². The van der Waals surface area contributed by atoms with Crippen molar-refractivity contribution in [3.63, 3.8) is 0 Å². The van der Waals surface area contributed by atoms with Crippen molar-refractivity contribution in [2.75, 3.05) is 5.32 Å². The Morgan fingerprint density at radius 3 is 2.43 bits per heavy atom. The minimum Gasteiger partial charge on any atom is -0.375 e. The molecule has 2 aromatic carbocycles. The van der Waals surface area contributed by atoms with E-state index >= 15 is 0 Å². The predicted octanol–water partition coefficient (Wildman–Crippen LogP) is 4.84. The molecule has 0 heterocycles. The van der Waals surface area contributed by atoms with Gasteiger partial charge in [-0.05, 0) is 23.0 Å². The minimum absolute atomic E-state index is 0.0105. The summed E-state index contributed by atoms with van der Waals surface area (Å²) in [5, 5.41) is 3.04. The molecule has 3 rings (SSSR count). The fourth-order valence-corrected chi connectivity index (χ4v) is 3.05. The van der Waals surface area contributed by atoms with E-state index in [0.29, 0.717) is 6.07 Å². The van der Waals surface area contributed by atoms with Crippen LogP contribution in [0.5, 0.6) is 0 Å². The summed E-state index contributed by atoms with van der Waals surface area (Å²) in [6.45, 7) is 4.14. The Morgan fingerprint density at radius 2 is 1.67 bits per heavy atom. The number of nitrogens with one attached hydrogen (secondary N) is 1. The molecule has 1 nitrogen and oxygen atoms in total. The molecule has 0 fully saturated rings.